The van der Waals surface area contributed by atoms with Crippen molar-refractivity contribution in [1.29, 1.82) is 0 Å². The minimum Gasteiger partial charge on any atom is -0.460 e. The van der Waals surface area contributed by atoms with Gasteiger partial charge < -0.3 is 15.0 Å². The molecule has 8 heteroatoms. The van der Waals surface area contributed by atoms with Gasteiger partial charge in [-0.3, -0.25) is 14.6 Å². The van der Waals surface area contributed by atoms with E-state index in [1.54, 1.807) is 19.2 Å². The molecule has 0 aliphatic carbocycles. The van der Waals surface area contributed by atoms with Crippen molar-refractivity contribution >= 4 is 40.8 Å². The van der Waals surface area contributed by atoms with E-state index in [0.717, 1.165) is 42.7 Å². The molecule has 1 N–H and O–H groups in total. The molecule has 1 amide bonds. The van der Waals surface area contributed by atoms with Crippen LogP contribution in [-0.2, 0) is 14.3 Å². The van der Waals surface area contributed by atoms with E-state index in [9.17, 15) is 9.59 Å². The first-order valence-electron chi connectivity index (χ1n) is 11.2. The summed E-state index contributed by atoms with van der Waals surface area (Å²) in [5.41, 5.74) is 2.21. The van der Waals surface area contributed by atoms with Crippen LogP contribution in [0.4, 0.5) is 5.69 Å². The summed E-state index contributed by atoms with van der Waals surface area (Å²) in [7, 11) is 0. The summed E-state index contributed by atoms with van der Waals surface area (Å²) in [6.45, 7) is 8.79. The van der Waals surface area contributed by atoms with Crippen LogP contribution in [0.2, 0.25) is 10.0 Å². The average Bonchev–Trinajstić information content (AvgIpc) is 2.75. The minimum atomic E-state index is -0.551. The number of amides is 1. The van der Waals surface area contributed by atoms with Gasteiger partial charge in [0.1, 0.15) is 5.60 Å². The van der Waals surface area contributed by atoms with E-state index in [1.165, 1.54) is 0 Å². The van der Waals surface area contributed by atoms with Crippen molar-refractivity contribution in [3.63, 3.8) is 0 Å². The predicted octanol–water partition coefficient (Wildman–Crippen LogP) is 5.51. The third-order valence-corrected chi connectivity index (χ3v) is 6.35. The first kappa shape index (κ1) is 25.3. The highest BCUT2D eigenvalue weighted by atomic mass is 35.5. The molecule has 1 fully saturated rings. The van der Waals surface area contributed by atoms with Crippen LogP contribution >= 0.6 is 23.2 Å². The molecule has 1 aliphatic heterocycles. The zero-order chi connectivity index (χ0) is 24.2. The molecule has 0 saturated carbocycles. The van der Waals surface area contributed by atoms with Gasteiger partial charge >= 0.3 is 5.97 Å². The maximum Gasteiger partial charge on any atom is 0.307 e. The number of esters is 1. The Kier molecular flexibility index (Phi) is 8.24. The fourth-order valence-corrected chi connectivity index (χ4v) is 4.24. The van der Waals surface area contributed by atoms with Crippen LogP contribution in [0.25, 0.3) is 11.1 Å². The molecule has 3 rings (SSSR count). The number of aromatic nitrogens is 1. The van der Waals surface area contributed by atoms with Gasteiger partial charge in [0.05, 0.1) is 28.4 Å². The normalized spacial score (nSPS) is 15.8. The minimum absolute atomic E-state index is 0.0759. The molecule has 2 heterocycles. The van der Waals surface area contributed by atoms with Gasteiger partial charge in [0.25, 0.3) is 0 Å². The molecular weight excluding hydrogens is 461 g/mol. The van der Waals surface area contributed by atoms with E-state index in [4.69, 9.17) is 27.9 Å². The first-order valence-corrected chi connectivity index (χ1v) is 12.0. The van der Waals surface area contributed by atoms with E-state index < -0.39 is 11.5 Å². The van der Waals surface area contributed by atoms with E-state index in [1.807, 2.05) is 39.1 Å². The van der Waals surface area contributed by atoms with Gasteiger partial charge in [-0.25, -0.2) is 0 Å². The van der Waals surface area contributed by atoms with Gasteiger partial charge in [-0.1, -0.05) is 42.3 Å². The highest BCUT2D eigenvalue weighted by Crippen LogP contribution is 2.34. The number of ether oxygens (including phenoxy) is 1. The lowest BCUT2D eigenvalue weighted by Gasteiger charge is -2.34. The standard InChI is InChI=1S/C25H31Cl2N3O3/c1-16(12-22(31)33-25(2,3)4)24(32)29-18-8-10-30(11-9-18)19-13-17(14-28-15-19)20-6-5-7-21(26)23(20)27/h5-7,13-16,18H,8-12H2,1-4H3,(H,29,32)/t16-/m0/s1. The second kappa shape index (κ2) is 10.7. The Morgan fingerprint density at radius 2 is 1.91 bits per heavy atom. The number of pyridine rings is 1. The van der Waals surface area contributed by atoms with Gasteiger partial charge in [0, 0.05) is 42.4 Å². The Morgan fingerprint density at radius 1 is 1.21 bits per heavy atom. The molecule has 0 bridgehead atoms. The molecule has 178 valence electrons. The van der Waals surface area contributed by atoms with Crippen molar-refractivity contribution in [2.24, 2.45) is 5.92 Å². The monoisotopic (exact) mass is 491 g/mol. The summed E-state index contributed by atoms with van der Waals surface area (Å²) in [5.74, 6) is -0.896. The molecule has 2 aromatic rings. The molecule has 0 radical (unpaired) electrons. The largest absolute Gasteiger partial charge is 0.460 e. The number of carbonyl (C=O) groups is 2. The number of hydrogen-bond donors (Lipinski definition) is 1. The summed E-state index contributed by atoms with van der Waals surface area (Å²) < 4.78 is 5.32. The number of carbonyl (C=O) groups excluding carboxylic acids is 2. The van der Waals surface area contributed by atoms with Crippen LogP contribution in [0, 0.1) is 5.92 Å². The van der Waals surface area contributed by atoms with Crippen LogP contribution in [0.3, 0.4) is 0 Å². The molecular formula is C25H31Cl2N3O3. The van der Waals surface area contributed by atoms with E-state index >= 15 is 0 Å². The number of anilines is 1. The van der Waals surface area contributed by atoms with E-state index in [2.05, 4.69) is 21.3 Å². The van der Waals surface area contributed by atoms with Crippen molar-refractivity contribution in [2.45, 2.75) is 58.6 Å². The van der Waals surface area contributed by atoms with Crippen molar-refractivity contribution in [3.8, 4) is 11.1 Å². The number of rotatable bonds is 6. The molecule has 1 aliphatic rings. The lowest BCUT2D eigenvalue weighted by molar-refractivity contribution is -0.157. The molecule has 1 saturated heterocycles. The summed E-state index contributed by atoms with van der Waals surface area (Å²) in [6, 6.07) is 7.70. The summed E-state index contributed by atoms with van der Waals surface area (Å²) in [5, 5.41) is 4.11. The lowest BCUT2D eigenvalue weighted by Crippen LogP contribution is -2.46. The van der Waals surface area contributed by atoms with Gasteiger partial charge in [0.2, 0.25) is 5.91 Å². The molecule has 1 aromatic heterocycles. The van der Waals surface area contributed by atoms with Crippen LogP contribution in [0.1, 0.15) is 47.0 Å². The molecule has 1 aromatic carbocycles. The van der Waals surface area contributed by atoms with E-state index in [0.29, 0.717) is 10.0 Å². The Hall–Kier alpha value is -2.31. The maximum absolute atomic E-state index is 12.6. The Labute approximate surface area is 205 Å². The number of nitrogens with one attached hydrogen (secondary N) is 1. The Bertz CT molecular complexity index is 999. The number of benzene rings is 1. The topological polar surface area (TPSA) is 71.5 Å². The summed E-state index contributed by atoms with van der Waals surface area (Å²) >= 11 is 12.5. The quantitative estimate of drug-likeness (QED) is 0.539. The van der Waals surface area contributed by atoms with Crippen molar-refractivity contribution in [1.82, 2.24) is 10.3 Å². The summed E-state index contributed by atoms with van der Waals surface area (Å²) in [6.07, 6.45) is 5.32. The highest BCUT2D eigenvalue weighted by molar-refractivity contribution is 6.43. The van der Waals surface area contributed by atoms with E-state index in [-0.39, 0.29) is 24.3 Å². The fourth-order valence-electron chi connectivity index (χ4n) is 3.83. The Morgan fingerprint density at radius 3 is 2.58 bits per heavy atom. The van der Waals surface area contributed by atoms with Crippen LogP contribution in [-0.4, -0.2) is 41.6 Å². The molecule has 0 spiro atoms. The third kappa shape index (κ3) is 7.08. The first-order chi connectivity index (χ1) is 15.5. The number of nitrogens with zero attached hydrogens (tertiary/aromatic N) is 2. The number of hydrogen-bond acceptors (Lipinski definition) is 5. The average molecular weight is 492 g/mol. The lowest BCUT2D eigenvalue weighted by atomic mass is 10.0. The molecule has 6 nitrogen and oxygen atoms in total. The van der Waals surface area contributed by atoms with Gasteiger partial charge in [-0.2, -0.15) is 0 Å². The van der Waals surface area contributed by atoms with Crippen LogP contribution in [0.5, 0.6) is 0 Å². The third-order valence-electron chi connectivity index (χ3n) is 5.53. The Balaban J connectivity index is 1.54. The van der Waals surface area contributed by atoms with Crippen molar-refractivity contribution < 1.29 is 14.3 Å². The SMILES string of the molecule is C[C@@H](CC(=O)OC(C)(C)C)C(=O)NC1CCN(c2cncc(-c3cccc(Cl)c3Cl)c2)CC1. The van der Waals surface area contributed by atoms with Crippen molar-refractivity contribution in [3.05, 3.63) is 46.7 Å². The van der Waals surface area contributed by atoms with Gasteiger partial charge in [-0.05, 0) is 45.7 Å². The zero-order valence-corrected chi connectivity index (χ0v) is 21.0. The van der Waals surface area contributed by atoms with Crippen LogP contribution in [0.15, 0.2) is 36.7 Å². The zero-order valence-electron chi connectivity index (χ0n) is 19.5. The van der Waals surface area contributed by atoms with Crippen molar-refractivity contribution in [2.75, 3.05) is 18.0 Å². The predicted molar refractivity (Wildman–Crippen MR) is 133 cm³/mol. The van der Waals surface area contributed by atoms with Gasteiger partial charge in [0.15, 0.2) is 0 Å². The molecule has 0 unspecified atom stereocenters. The van der Waals surface area contributed by atoms with Crippen LogP contribution < -0.4 is 10.2 Å². The second-order valence-corrected chi connectivity index (χ2v) is 10.3. The fraction of sp³-hybridized carbons (Fsp3) is 0.480. The smallest absolute Gasteiger partial charge is 0.307 e. The molecule has 33 heavy (non-hydrogen) atoms. The molecule has 1 atom stereocenters. The summed E-state index contributed by atoms with van der Waals surface area (Å²) in [4.78, 5) is 31.2. The number of halogens is 2. The number of piperidine rings is 1. The maximum atomic E-state index is 12.6. The second-order valence-electron chi connectivity index (χ2n) is 9.49. The van der Waals surface area contributed by atoms with Gasteiger partial charge in [-0.15, -0.1) is 0 Å². The highest BCUT2D eigenvalue weighted by Gasteiger charge is 2.26.